The molecule has 0 spiro atoms. The molecule has 1 saturated heterocycles. The zero-order valence-electron chi connectivity index (χ0n) is 17.9. The first-order chi connectivity index (χ1) is 15.2. The van der Waals surface area contributed by atoms with Crippen molar-refractivity contribution < 1.29 is 14.3 Å². The first-order valence-electron chi connectivity index (χ1n) is 11.3. The monoisotopic (exact) mass is 421 g/mol. The number of nitrogens with one attached hydrogen (secondary N) is 2. The van der Waals surface area contributed by atoms with Crippen LogP contribution in [-0.2, 0) is 11.3 Å². The lowest BCUT2D eigenvalue weighted by molar-refractivity contribution is 0.0342. The molecule has 4 rings (SSSR count). The van der Waals surface area contributed by atoms with E-state index < -0.39 is 0 Å². The van der Waals surface area contributed by atoms with Gasteiger partial charge in [0.1, 0.15) is 0 Å². The van der Waals surface area contributed by atoms with Crippen molar-refractivity contribution in [1.29, 1.82) is 0 Å². The Hall–Kier alpha value is -2.70. The van der Waals surface area contributed by atoms with Crippen molar-refractivity contribution in [2.45, 2.75) is 44.7 Å². The Labute approximate surface area is 184 Å². The first kappa shape index (κ1) is 21.5. The molecule has 1 aliphatic carbocycles. The van der Waals surface area contributed by atoms with Gasteiger partial charge in [-0.1, -0.05) is 43.5 Å². The number of rotatable bonds is 6. The van der Waals surface area contributed by atoms with Crippen molar-refractivity contribution in [2.24, 2.45) is 0 Å². The van der Waals surface area contributed by atoms with Crippen LogP contribution in [0.25, 0.3) is 0 Å². The number of anilines is 1. The van der Waals surface area contributed by atoms with Crippen LogP contribution < -0.4 is 10.6 Å². The molecule has 2 amide bonds. The Morgan fingerprint density at radius 1 is 0.935 bits per heavy atom. The summed E-state index contributed by atoms with van der Waals surface area (Å²) >= 11 is 0. The van der Waals surface area contributed by atoms with Crippen LogP contribution >= 0.6 is 0 Å². The molecule has 0 unspecified atom stereocenters. The van der Waals surface area contributed by atoms with Gasteiger partial charge in [0.05, 0.1) is 24.5 Å². The summed E-state index contributed by atoms with van der Waals surface area (Å²) in [6.45, 7) is 4.10. The number of hydrogen-bond acceptors (Lipinski definition) is 4. The zero-order valence-corrected chi connectivity index (χ0v) is 17.9. The van der Waals surface area contributed by atoms with Crippen LogP contribution in [-0.4, -0.2) is 49.1 Å². The average Bonchev–Trinajstić information content (AvgIpc) is 2.81. The Kier molecular flexibility index (Phi) is 7.33. The van der Waals surface area contributed by atoms with Gasteiger partial charge in [0, 0.05) is 31.2 Å². The number of amides is 2. The van der Waals surface area contributed by atoms with E-state index in [1.165, 1.54) is 6.42 Å². The molecule has 2 aliphatic rings. The van der Waals surface area contributed by atoms with Crippen LogP contribution in [0.15, 0.2) is 48.5 Å². The lowest BCUT2D eigenvalue weighted by Crippen LogP contribution is -2.36. The van der Waals surface area contributed by atoms with Gasteiger partial charge < -0.3 is 15.4 Å². The minimum Gasteiger partial charge on any atom is -0.379 e. The topological polar surface area (TPSA) is 70.7 Å². The van der Waals surface area contributed by atoms with E-state index in [4.69, 9.17) is 4.74 Å². The number of morpholine rings is 1. The van der Waals surface area contributed by atoms with E-state index in [2.05, 4.69) is 15.5 Å². The van der Waals surface area contributed by atoms with Crippen LogP contribution in [0.3, 0.4) is 0 Å². The summed E-state index contributed by atoms with van der Waals surface area (Å²) < 4.78 is 5.41. The van der Waals surface area contributed by atoms with Crippen molar-refractivity contribution in [3.8, 4) is 0 Å². The van der Waals surface area contributed by atoms with Crippen LogP contribution in [0.4, 0.5) is 5.69 Å². The number of nitrogens with zero attached hydrogens (tertiary/aromatic N) is 1. The van der Waals surface area contributed by atoms with Gasteiger partial charge in [-0.15, -0.1) is 0 Å². The standard InChI is InChI=1S/C25H31N3O3/c29-24(20-8-6-7-19(17-20)18-28-13-15-31-16-14-28)27-23-12-5-4-11-22(23)25(30)26-21-9-2-1-3-10-21/h4-8,11-12,17,21H,1-3,9-10,13-16,18H2,(H,26,30)(H,27,29). The minimum atomic E-state index is -0.207. The third-order valence-corrected chi connectivity index (χ3v) is 6.06. The third kappa shape index (κ3) is 5.93. The highest BCUT2D eigenvalue weighted by atomic mass is 16.5. The van der Waals surface area contributed by atoms with Crippen molar-refractivity contribution in [3.63, 3.8) is 0 Å². The van der Waals surface area contributed by atoms with Gasteiger partial charge in [0.25, 0.3) is 11.8 Å². The third-order valence-electron chi connectivity index (χ3n) is 6.06. The van der Waals surface area contributed by atoms with Gasteiger partial charge in [-0.3, -0.25) is 14.5 Å². The summed E-state index contributed by atoms with van der Waals surface area (Å²) in [6.07, 6.45) is 5.60. The zero-order chi connectivity index (χ0) is 21.5. The predicted octanol–water partition coefficient (Wildman–Crippen LogP) is 3.83. The molecule has 1 aliphatic heterocycles. The molecule has 2 fully saturated rings. The highest BCUT2D eigenvalue weighted by Crippen LogP contribution is 2.21. The first-order valence-corrected chi connectivity index (χ1v) is 11.3. The molecule has 31 heavy (non-hydrogen) atoms. The van der Waals surface area contributed by atoms with E-state index in [9.17, 15) is 9.59 Å². The molecule has 6 heteroatoms. The molecular weight excluding hydrogens is 390 g/mol. The summed E-state index contributed by atoms with van der Waals surface area (Å²) in [4.78, 5) is 28.1. The van der Waals surface area contributed by atoms with Gasteiger partial charge in [0.2, 0.25) is 0 Å². The summed E-state index contributed by atoms with van der Waals surface area (Å²) in [5, 5.41) is 6.08. The van der Waals surface area contributed by atoms with E-state index in [-0.39, 0.29) is 17.9 Å². The van der Waals surface area contributed by atoms with Crippen LogP contribution in [0.5, 0.6) is 0 Å². The van der Waals surface area contributed by atoms with Gasteiger partial charge in [0.15, 0.2) is 0 Å². The maximum atomic E-state index is 12.9. The molecule has 2 aromatic carbocycles. The van der Waals surface area contributed by atoms with Crippen molar-refractivity contribution >= 4 is 17.5 Å². The quantitative estimate of drug-likeness (QED) is 0.744. The maximum Gasteiger partial charge on any atom is 0.255 e. The second-order valence-electron chi connectivity index (χ2n) is 8.40. The highest BCUT2D eigenvalue weighted by Gasteiger charge is 2.19. The molecule has 1 saturated carbocycles. The molecule has 0 radical (unpaired) electrons. The fourth-order valence-electron chi connectivity index (χ4n) is 4.32. The summed E-state index contributed by atoms with van der Waals surface area (Å²) in [5.41, 5.74) is 2.73. The van der Waals surface area contributed by atoms with Gasteiger partial charge >= 0.3 is 0 Å². The molecule has 0 aromatic heterocycles. The van der Waals surface area contributed by atoms with E-state index in [1.54, 1.807) is 12.1 Å². The lowest BCUT2D eigenvalue weighted by atomic mass is 9.95. The lowest BCUT2D eigenvalue weighted by Gasteiger charge is -2.26. The fourth-order valence-corrected chi connectivity index (χ4v) is 4.32. The summed E-state index contributed by atoms with van der Waals surface area (Å²) in [7, 11) is 0. The molecule has 1 heterocycles. The Morgan fingerprint density at radius 3 is 2.52 bits per heavy atom. The molecule has 0 bridgehead atoms. The van der Waals surface area contributed by atoms with E-state index in [0.717, 1.165) is 64.1 Å². The van der Waals surface area contributed by atoms with Gasteiger partial charge in [-0.2, -0.15) is 0 Å². The van der Waals surface area contributed by atoms with E-state index in [0.29, 0.717) is 16.8 Å². The van der Waals surface area contributed by atoms with E-state index >= 15 is 0 Å². The molecule has 2 aromatic rings. The second kappa shape index (κ2) is 10.6. The minimum absolute atomic E-state index is 0.121. The summed E-state index contributed by atoms with van der Waals surface area (Å²) in [6, 6.07) is 15.1. The maximum absolute atomic E-state index is 12.9. The number of benzene rings is 2. The smallest absolute Gasteiger partial charge is 0.255 e. The second-order valence-corrected chi connectivity index (χ2v) is 8.40. The normalized spacial score (nSPS) is 17.8. The Bertz CT molecular complexity index is 902. The highest BCUT2D eigenvalue weighted by molar-refractivity contribution is 6.09. The molecule has 164 valence electrons. The Morgan fingerprint density at radius 2 is 1.71 bits per heavy atom. The van der Waals surface area contributed by atoms with Gasteiger partial charge in [-0.05, 0) is 42.7 Å². The van der Waals surface area contributed by atoms with Crippen molar-refractivity contribution in [3.05, 3.63) is 65.2 Å². The van der Waals surface area contributed by atoms with Crippen LogP contribution in [0.2, 0.25) is 0 Å². The van der Waals surface area contributed by atoms with Crippen LogP contribution in [0.1, 0.15) is 58.4 Å². The number of para-hydroxylation sites is 1. The largest absolute Gasteiger partial charge is 0.379 e. The number of ether oxygens (including phenoxy) is 1. The fraction of sp³-hybridized carbons (Fsp3) is 0.440. The van der Waals surface area contributed by atoms with E-state index in [1.807, 2.05) is 36.4 Å². The summed E-state index contributed by atoms with van der Waals surface area (Å²) in [5.74, 6) is -0.328. The molecule has 6 nitrogen and oxygen atoms in total. The number of carbonyl (C=O) groups is 2. The molecule has 2 N–H and O–H groups in total. The average molecular weight is 422 g/mol. The predicted molar refractivity (Wildman–Crippen MR) is 121 cm³/mol. The molecular formula is C25H31N3O3. The van der Waals surface area contributed by atoms with Gasteiger partial charge in [-0.25, -0.2) is 0 Å². The Balaban J connectivity index is 1.42. The number of hydrogen-bond donors (Lipinski definition) is 2. The number of carbonyl (C=O) groups excluding carboxylic acids is 2. The molecule has 0 atom stereocenters. The SMILES string of the molecule is O=C(Nc1ccccc1C(=O)NC1CCCCC1)c1cccc(CN2CCOCC2)c1. The van der Waals surface area contributed by atoms with Crippen LogP contribution in [0, 0.1) is 0 Å². The van der Waals surface area contributed by atoms with Crippen molar-refractivity contribution in [2.75, 3.05) is 31.6 Å². The van der Waals surface area contributed by atoms with Crippen molar-refractivity contribution in [1.82, 2.24) is 10.2 Å².